The Morgan fingerprint density at radius 1 is 1.39 bits per heavy atom. The topological polar surface area (TPSA) is 59.1 Å². The average molecular weight is 302 g/mol. The fourth-order valence-electron chi connectivity index (χ4n) is 1.43. The first-order valence-electron chi connectivity index (χ1n) is 5.45. The van der Waals surface area contributed by atoms with Gasteiger partial charge in [0.1, 0.15) is 4.21 Å². The van der Waals surface area contributed by atoms with Crippen LogP contribution in [0.3, 0.4) is 0 Å². The minimum atomic E-state index is -3.35. The van der Waals surface area contributed by atoms with E-state index in [0.717, 1.165) is 10.7 Å². The molecule has 0 bridgehead atoms. The second kappa shape index (κ2) is 5.48. The van der Waals surface area contributed by atoms with Crippen molar-refractivity contribution < 1.29 is 8.42 Å². The third kappa shape index (κ3) is 3.17. The van der Waals surface area contributed by atoms with Crippen molar-refractivity contribution in [2.75, 3.05) is 6.54 Å². The summed E-state index contributed by atoms with van der Waals surface area (Å²) >= 11 is 2.84. The van der Waals surface area contributed by atoms with Crippen molar-refractivity contribution in [3.8, 4) is 0 Å². The molecule has 0 fully saturated rings. The number of sulfonamides is 1. The van der Waals surface area contributed by atoms with Gasteiger partial charge in [0.05, 0.1) is 10.7 Å². The van der Waals surface area contributed by atoms with Crippen LogP contribution < -0.4 is 4.72 Å². The first-order chi connectivity index (χ1) is 8.49. The Hall–Kier alpha value is -0.760. The van der Waals surface area contributed by atoms with Gasteiger partial charge in [-0.1, -0.05) is 6.07 Å². The summed E-state index contributed by atoms with van der Waals surface area (Å²) in [5.41, 5.74) is 1.02. The molecule has 7 heteroatoms. The predicted octanol–water partition coefficient (Wildman–Crippen LogP) is 2.34. The summed E-state index contributed by atoms with van der Waals surface area (Å²) in [7, 11) is -3.35. The number of hydrogen-bond acceptors (Lipinski definition) is 5. The molecule has 0 spiro atoms. The van der Waals surface area contributed by atoms with Crippen LogP contribution in [-0.4, -0.2) is 19.9 Å². The van der Waals surface area contributed by atoms with Gasteiger partial charge in [-0.2, -0.15) is 0 Å². The summed E-state index contributed by atoms with van der Waals surface area (Å²) in [6, 6.07) is 3.33. The molecule has 0 unspecified atom stereocenters. The van der Waals surface area contributed by atoms with Crippen molar-refractivity contribution in [2.45, 2.75) is 24.5 Å². The van der Waals surface area contributed by atoms with Crippen molar-refractivity contribution in [1.29, 1.82) is 0 Å². The fraction of sp³-hybridized carbons (Fsp3) is 0.364. The lowest BCUT2D eigenvalue weighted by Gasteiger charge is -2.02. The maximum atomic E-state index is 11.8. The van der Waals surface area contributed by atoms with E-state index in [0.29, 0.717) is 17.2 Å². The number of aryl methyl sites for hydroxylation is 2. The van der Waals surface area contributed by atoms with E-state index in [1.807, 2.05) is 13.8 Å². The highest BCUT2D eigenvalue weighted by Crippen LogP contribution is 2.17. The van der Waals surface area contributed by atoms with Gasteiger partial charge in [-0.25, -0.2) is 18.1 Å². The van der Waals surface area contributed by atoms with Crippen LogP contribution in [0.25, 0.3) is 0 Å². The highest BCUT2D eigenvalue weighted by Gasteiger charge is 2.14. The summed E-state index contributed by atoms with van der Waals surface area (Å²) < 4.78 is 26.6. The normalized spacial score (nSPS) is 11.9. The van der Waals surface area contributed by atoms with Crippen LogP contribution in [0.5, 0.6) is 0 Å². The third-order valence-electron chi connectivity index (χ3n) is 2.46. The Balaban J connectivity index is 1.93. The van der Waals surface area contributed by atoms with Gasteiger partial charge in [0.15, 0.2) is 0 Å². The molecule has 0 saturated heterocycles. The lowest BCUT2D eigenvalue weighted by molar-refractivity contribution is 0.583. The van der Waals surface area contributed by atoms with E-state index >= 15 is 0 Å². The van der Waals surface area contributed by atoms with E-state index in [1.165, 1.54) is 16.2 Å². The number of nitrogens with one attached hydrogen (secondary N) is 1. The van der Waals surface area contributed by atoms with E-state index < -0.39 is 10.0 Å². The number of aromatic nitrogens is 1. The third-order valence-corrected chi connectivity index (χ3v) is 6.45. The number of thiazole rings is 1. The van der Waals surface area contributed by atoms with Crippen molar-refractivity contribution in [3.05, 3.63) is 33.1 Å². The molecule has 0 aliphatic carbocycles. The number of rotatable bonds is 5. The Bertz CT molecular complexity index is 595. The molecule has 0 amide bonds. The lowest BCUT2D eigenvalue weighted by atomic mass is 10.4. The smallest absolute Gasteiger partial charge is 0.246 e. The van der Waals surface area contributed by atoms with Crippen LogP contribution in [0.15, 0.2) is 21.7 Å². The highest BCUT2D eigenvalue weighted by atomic mass is 32.2. The molecule has 98 valence electrons. The molecule has 0 aliphatic rings. The van der Waals surface area contributed by atoms with E-state index in [9.17, 15) is 8.42 Å². The largest absolute Gasteiger partial charge is 0.250 e. The molecular formula is C11H14N2O2S3. The molecule has 0 aliphatic heterocycles. The van der Waals surface area contributed by atoms with Gasteiger partial charge in [-0.05, 0) is 25.3 Å². The SMILES string of the molecule is Cc1nc(CCNS(=O)(=O)c2cccs2)sc1C. The highest BCUT2D eigenvalue weighted by molar-refractivity contribution is 7.91. The molecule has 2 heterocycles. The molecule has 2 rings (SSSR count). The predicted molar refractivity (Wildman–Crippen MR) is 74.8 cm³/mol. The van der Waals surface area contributed by atoms with Gasteiger partial charge >= 0.3 is 0 Å². The monoisotopic (exact) mass is 302 g/mol. The molecule has 0 radical (unpaired) electrons. The Labute approximate surface area is 115 Å². The maximum absolute atomic E-state index is 11.8. The van der Waals surface area contributed by atoms with Gasteiger partial charge in [-0.15, -0.1) is 22.7 Å². The quantitative estimate of drug-likeness (QED) is 0.922. The van der Waals surface area contributed by atoms with Gasteiger partial charge in [0, 0.05) is 17.8 Å². The first-order valence-corrected chi connectivity index (χ1v) is 8.63. The number of thiophene rings is 1. The summed E-state index contributed by atoms with van der Waals surface area (Å²) in [5.74, 6) is 0. The van der Waals surface area contributed by atoms with E-state index in [2.05, 4.69) is 9.71 Å². The molecule has 1 N–H and O–H groups in total. The van der Waals surface area contributed by atoms with Crippen LogP contribution >= 0.6 is 22.7 Å². The minimum absolute atomic E-state index is 0.356. The molecule has 0 atom stereocenters. The van der Waals surface area contributed by atoms with Crippen LogP contribution in [0.4, 0.5) is 0 Å². The molecule has 2 aromatic rings. The molecule has 0 aromatic carbocycles. The van der Waals surface area contributed by atoms with Gasteiger partial charge in [0.2, 0.25) is 10.0 Å². The van der Waals surface area contributed by atoms with Gasteiger partial charge in [-0.3, -0.25) is 0 Å². The van der Waals surface area contributed by atoms with Crippen LogP contribution in [0.1, 0.15) is 15.6 Å². The Morgan fingerprint density at radius 3 is 2.72 bits per heavy atom. The molecular weight excluding hydrogens is 288 g/mol. The van der Waals surface area contributed by atoms with E-state index in [4.69, 9.17) is 0 Å². The summed E-state index contributed by atoms with van der Waals surface area (Å²) in [6.45, 7) is 4.37. The van der Waals surface area contributed by atoms with Gasteiger partial charge < -0.3 is 0 Å². The second-order valence-electron chi connectivity index (χ2n) is 3.83. The molecule has 4 nitrogen and oxygen atoms in total. The van der Waals surface area contributed by atoms with E-state index in [-0.39, 0.29) is 0 Å². The zero-order valence-corrected chi connectivity index (χ0v) is 12.6. The number of hydrogen-bond donors (Lipinski definition) is 1. The molecule has 2 aromatic heterocycles. The maximum Gasteiger partial charge on any atom is 0.250 e. The second-order valence-corrected chi connectivity index (χ2v) is 8.06. The van der Waals surface area contributed by atoms with Crippen LogP contribution in [-0.2, 0) is 16.4 Å². The lowest BCUT2D eigenvalue weighted by Crippen LogP contribution is -2.25. The van der Waals surface area contributed by atoms with E-state index in [1.54, 1.807) is 28.8 Å². The average Bonchev–Trinajstić information content (AvgIpc) is 2.90. The van der Waals surface area contributed by atoms with Crippen molar-refractivity contribution >= 4 is 32.7 Å². The molecule has 0 saturated carbocycles. The van der Waals surface area contributed by atoms with Crippen LogP contribution in [0, 0.1) is 13.8 Å². The Kier molecular flexibility index (Phi) is 4.16. The molecule has 18 heavy (non-hydrogen) atoms. The zero-order chi connectivity index (χ0) is 13.2. The Morgan fingerprint density at radius 2 is 2.17 bits per heavy atom. The van der Waals surface area contributed by atoms with Crippen molar-refractivity contribution in [3.63, 3.8) is 0 Å². The zero-order valence-electron chi connectivity index (χ0n) is 10.1. The summed E-state index contributed by atoms with van der Waals surface area (Å²) in [4.78, 5) is 5.57. The summed E-state index contributed by atoms with van der Waals surface area (Å²) in [5, 5.41) is 2.72. The number of nitrogens with zero attached hydrogens (tertiary/aromatic N) is 1. The van der Waals surface area contributed by atoms with Gasteiger partial charge in [0.25, 0.3) is 0 Å². The van der Waals surface area contributed by atoms with Crippen molar-refractivity contribution in [2.24, 2.45) is 0 Å². The minimum Gasteiger partial charge on any atom is -0.246 e. The first kappa shape index (κ1) is 13.7. The standard InChI is InChI=1S/C11H14N2O2S3/c1-8-9(2)17-10(13-8)5-6-12-18(14,15)11-4-3-7-16-11/h3-4,7,12H,5-6H2,1-2H3. The van der Waals surface area contributed by atoms with Crippen molar-refractivity contribution in [1.82, 2.24) is 9.71 Å². The summed E-state index contributed by atoms with van der Waals surface area (Å²) in [6.07, 6.45) is 0.629. The van der Waals surface area contributed by atoms with Crippen LogP contribution in [0.2, 0.25) is 0 Å². The fourth-order valence-corrected chi connectivity index (χ4v) is 4.43.